The summed E-state index contributed by atoms with van der Waals surface area (Å²) in [6, 6.07) is 11.3. The van der Waals surface area contributed by atoms with Gasteiger partial charge in [0.25, 0.3) is 6.02 Å². The number of aromatic nitrogens is 2. The van der Waals surface area contributed by atoms with E-state index in [2.05, 4.69) is 26.3 Å². The Morgan fingerprint density at radius 3 is 2.68 bits per heavy atom. The number of aromatic amines is 1. The highest BCUT2D eigenvalue weighted by Gasteiger charge is 2.29. The standard InChI is InChI=1S/C27H23F2N5O3/c1-15-7-16(3-4-17(15)10-30)19-11-32-25-23(19)22(5-6-31-25)37-24-20(28)8-18(9-21(24)29)34-26-33-12-27(2,13-35)14-36-26/h3-9,11,35H,12-14H2,1-2H3,(H,31,32)(H,33,34). The highest BCUT2D eigenvalue weighted by molar-refractivity contribution is 5.98. The molecule has 0 bridgehead atoms. The predicted octanol–water partition coefficient (Wildman–Crippen LogP) is 5.28. The van der Waals surface area contributed by atoms with Crippen LogP contribution in [0.3, 0.4) is 0 Å². The second kappa shape index (κ2) is 9.52. The molecule has 2 aromatic heterocycles. The SMILES string of the molecule is Cc1cc(-c2c[nH]c3nccc(Oc4c(F)cc(NC5=NCC(C)(CO)CO5)cc4F)c23)ccc1C#N. The molecule has 3 heterocycles. The predicted molar refractivity (Wildman–Crippen MR) is 134 cm³/mol. The molecule has 5 rings (SSSR count). The summed E-state index contributed by atoms with van der Waals surface area (Å²) in [6.45, 7) is 4.11. The van der Waals surface area contributed by atoms with Gasteiger partial charge in [0.15, 0.2) is 17.4 Å². The highest BCUT2D eigenvalue weighted by Crippen LogP contribution is 2.39. The summed E-state index contributed by atoms with van der Waals surface area (Å²) in [7, 11) is 0. The van der Waals surface area contributed by atoms with Gasteiger partial charge in [0.1, 0.15) is 18.0 Å². The molecule has 1 aliphatic heterocycles. The minimum atomic E-state index is -0.921. The average molecular weight is 504 g/mol. The van der Waals surface area contributed by atoms with Crippen LogP contribution >= 0.6 is 0 Å². The van der Waals surface area contributed by atoms with E-state index in [-0.39, 0.29) is 30.7 Å². The van der Waals surface area contributed by atoms with Gasteiger partial charge in [0, 0.05) is 41.2 Å². The van der Waals surface area contributed by atoms with Crippen LogP contribution in [0.2, 0.25) is 0 Å². The van der Waals surface area contributed by atoms with Gasteiger partial charge >= 0.3 is 0 Å². The number of H-pyrrole nitrogens is 1. The van der Waals surface area contributed by atoms with Crippen molar-refractivity contribution in [1.82, 2.24) is 9.97 Å². The second-order valence-corrected chi connectivity index (χ2v) is 9.25. The number of nitrogens with one attached hydrogen (secondary N) is 2. The van der Waals surface area contributed by atoms with Crippen LogP contribution in [0.4, 0.5) is 14.5 Å². The first-order chi connectivity index (χ1) is 17.8. The molecule has 0 spiro atoms. The number of anilines is 1. The van der Waals surface area contributed by atoms with Crippen LogP contribution in [-0.4, -0.2) is 40.9 Å². The second-order valence-electron chi connectivity index (χ2n) is 9.25. The molecule has 0 saturated carbocycles. The Morgan fingerprint density at radius 2 is 2.03 bits per heavy atom. The fourth-order valence-electron chi connectivity index (χ4n) is 4.03. The molecular formula is C27H23F2N5O3. The Hall–Kier alpha value is -4.49. The number of aliphatic hydroxyl groups is 1. The van der Waals surface area contributed by atoms with Crippen molar-refractivity contribution in [2.45, 2.75) is 13.8 Å². The van der Waals surface area contributed by atoms with Gasteiger partial charge in [0.2, 0.25) is 0 Å². The Morgan fingerprint density at radius 1 is 1.24 bits per heavy atom. The molecule has 1 aliphatic rings. The van der Waals surface area contributed by atoms with E-state index >= 15 is 8.78 Å². The zero-order valence-electron chi connectivity index (χ0n) is 20.1. The third-order valence-electron chi connectivity index (χ3n) is 6.20. The number of nitrogens with zero attached hydrogens (tertiary/aromatic N) is 3. The lowest BCUT2D eigenvalue weighted by atomic mass is 9.93. The van der Waals surface area contributed by atoms with Crippen LogP contribution in [0.1, 0.15) is 18.1 Å². The van der Waals surface area contributed by atoms with Crippen LogP contribution < -0.4 is 10.1 Å². The molecule has 3 N–H and O–H groups in total. The van der Waals surface area contributed by atoms with Crippen LogP contribution in [-0.2, 0) is 4.74 Å². The third kappa shape index (κ3) is 4.69. The number of fused-ring (bicyclic) bond motifs is 1. The summed E-state index contributed by atoms with van der Waals surface area (Å²) in [4.78, 5) is 11.6. The summed E-state index contributed by atoms with van der Waals surface area (Å²) in [5, 5.41) is 22.0. The van der Waals surface area contributed by atoms with E-state index in [0.717, 1.165) is 23.3 Å². The summed E-state index contributed by atoms with van der Waals surface area (Å²) in [6.07, 6.45) is 3.21. The number of amidine groups is 1. The largest absolute Gasteiger partial charge is 0.464 e. The van der Waals surface area contributed by atoms with Gasteiger partial charge in [-0.1, -0.05) is 19.1 Å². The fraction of sp³-hybridized carbons (Fsp3) is 0.222. The smallest absolute Gasteiger partial charge is 0.289 e. The van der Waals surface area contributed by atoms with Crippen molar-refractivity contribution in [2.75, 3.05) is 25.1 Å². The first-order valence-corrected chi connectivity index (χ1v) is 11.5. The summed E-state index contributed by atoms with van der Waals surface area (Å²) >= 11 is 0. The zero-order chi connectivity index (χ0) is 26.2. The van der Waals surface area contributed by atoms with Crippen molar-refractivity contribution in [2.24, 2.45) is 10.4 Å². The molecule has 2 aromatic carbocycles. The van der Waals surface area contributed by atoms with Gasteiger partial charge in [0.05, 0.1) is 30.2 Å². The molecule has 0 amide bonds. The number of ether oxygens (including phenoxy) is 2. The Balaban J connectivity index is 1.45. The van der Waals surface area contributed by atoms with Crippen LogP contribution in [0, 0.1) is 35.3 Å². The van der Waals surface area contributed by atoms with Crippen molar-refractivity contribution < 1.29 is 23.4 Å². The molecule has 1 atom stereocenters. The zero-order valence-corrected chi connectivity index (χ0v) is 20.1. The Labute approximate surface area is 211 Å². The molecule has 37 heavy (non-hydrogen) atoms. The first kappa shape index (κ1) is 24.2. The molecule has 1 unspecified atom stereocenters. The summed E-state index contributed by atoms with van der Waals surface area (Å²) < 4.78 is 41.3. The first-order valence-electron chi connectivity index (χ1n) is 11.5. The Kier molecular flexibility index (Phi) is 6.23. The summed E-state index contributed by atoms with van der Waals surface area (Å²) in [5.41, 5.74) is 2.96. The summed E-state index contributed by atoms with van der Waals surface area (Å²) in [5.74, 6) is -2.20. The number of aryl methyl sites for hydroxylation is 1. The number of rotatable bonds is 5. The van der Waals surface area contributed by atoms with Crippen molar-refractivity contribution in [1.29, 1.82) is 5.26 Å². The molecule has 4 aromatic rings. The van der Waals surface area contributed by atoms with Gasteiger partial charge in [-0.2, -0.15) is 5.26 Å². The maximum absolute atomic E-state index is 15.0. The number of hydrogen-bond donors (Lipinski definition) is 3. The maximum Gasteiger partial charge on any atom is 0.289 e. The Bertz CT molecular complexity index is 1550. The molecular weight excluding hydrogens is 480 g/mol. The van der Waals surface area contributed by atoms with Gasteiger partial charge in [-0.25, -0.2) is 18.8 Å². The minimum absolute atomic E-state index is 0.0883. The van der Waals surface area contributed by atoms with E-state index in [1.54, 1.807) is 18.3 Å². The van der Waals surface area contributed by atoms with E-state index in [1.807, 2.05) is 19.9 Å². The highest BCUT2D eigenvalue weighted by atomic mass is 19.1. The third-order valence-corrected chi connectivity index (χ3v) is 6.20. The van der Waals surface area contributed by atoms with E-state index in [1.165, 1.54) is 12.3 Å². The minimum Gasteiger partial charge on any atom is -0.464 e. The number of nitriles is 1. The lowest BCUT2D eigenvalue weighted by molar-refractivity contribution is 0.0706. The topological polar surface area (TPSA) is 116 Å². The quantitative estimate of drug-likeness (QED) is 0.341. The molecule has 0 aliphatic carbocycles. The lowest BCUT2D eigenvalue weighted by Crippen LogP contribution is -2.38. The number of pyridine rings is 1. The van der Waals surface area contributed by atoms with Gasteiger partial charge in [-0.05, 0) is 30.2 Å². The number of halogens is 2. The van der Waals surface area contributed by atoms with Crippen molar-refractivity contribution in [3.63, 3.8) is 0 Å². The molecule has 188 valence electrons. The number of hydrogen-bond acceptors (Lipinski definition) is 7. The molecule has 0 radical (unpaired) electrons. The van der Waals surface area contributed by atoms with E-state index in [0.29, 0.717) is 28.7 Å². The van der Waals surface area contributed by atoms with Crippen LogP contribution in [0.5, 0.6) is 11.5 Å². The van der Waals surface area contributed by atoms with Crippen molar-refractivity contribution in [3.05, 3.63) is 71.6 Å². The van der Waals surface area contributed by atoms with Gasteiger partial charge in [-0.15, -0.1) is 0 Å². The van der Waals surface area contributed by atoms with Crippen molar-refractivity contribution >= 4 is 22.7 Å². The number of aliphatic imine (C=N–C) groups is 1. The van der Waals surface area contributed by atoms with Gasteiger partial charge in [-0.3, -0.25) is 0 Å². The molecule has 0 saturated heterocycles. The number of benzene rings is 2. The fourth-order valence-corrected chi connectivity index (χ4v) is 4.03. The lowest BCUT2D eigenvalue weighted by Gasteiger charge is -2.30. The molecule has 8 nitrogen and oxygen atoms in total. The van der Waals surface area contributed by atoms with Crippen molar-refractivity contribution in [3.8, 4) is 28.7 Å². The average Bonchev–Trinajstić information content (AvgIpc) is 3.33. The monoisotopic (exact) mass is 503 g/mol. The van der Waals surface area contributed by atoms with Gasteiger partial charge < -0.3 is 24.9 Å². The molecule has 0 fully saturated rings. The van der Waals surface area contributed by atoms with Crippen LogP contribution in [0.15, 0.2) is 53.8 Å². The normalized spacial score (nSPS) is 17.1. The maximum atomic E-state index is 15.0. The van der Waals surface area contributed by atoms with Crippen LogP contribution in [0.25, 0.3) is 22.2 Å². The molecule has 10 heteroatoms. The van der Waals surface area contributed by atoms with E-state index < -0.39 is 22.8 Å². The number of aliphatic hydroxyl groups excluding tert-OH is 1. The van der Waals surface area contributed by atoms with E-state index in [9.17, 15) is 10.4 Å². The van der Waals surface area contributed by atoms with E-state index in [4.69, 9.17) is 9.47 Å².